The smallest absolute Gasteiger partial charge is 0.188 e. The van der Waals surface area contributed by atoms with E-state index in [2.05, 4.69) is 6.58 Å². The van der Waals surface area contributed by atoms with Crippen LogP contribution in [-0.2, 0) is 4.74 Å². The molecule has 2 nitrogen and oxygen atoms in total. The summed E-state index contributed by atoms with van der Waals surface area (Å²) in [6, 6.07) is 6.85. The Kier molecular flexibility index (Phi) is 5.08. The first kappa shape index (κ1) is 12.0. The highest BCUT2D eigenvalue weighted by molar-refractivity contribution is 6.31. The normalized spacial score (nSPS) is 9.93. The number of rotatable bonds is 6. The van der Waals surface area contributed by atoms with Crippen LogP contribution in [0.15, 0.2) is 36.9 Å². The van der Waals surface area contributed by atoms with E-state index in [1.807, 2.05) is 0 Å². The van der Waals surface area contributed by atoms with Crippen molar-refractivity contribution in [2.75, 3.05) is 13.2 Å². The summed E-state index contributed by atoms with van der Waals surface area (Å²) in [7, 11) is 0. The largest absolute Gasteiger partial charge is 0.373 e. The van der Waals surface area contributed by atoms with Gasteiger partial charge in [-0.2, -0.15) is 0 Å². The second-order valence-corrected chi connectivity index (χ2v) is 3.50. The molecule has 0 unspecified atom stereocenters. The van der Waals surface area contributed by atoms with E-state index < -0.39 is 0 Å². The van der Waals surface area contributed by atoms with Crippen LogP contribution in [-0.4, -0.2) is 19.0 Å². The molecule has 0 spiro atoms. The molecule has 0 aliphatic rings. The van der Waals surface area contributed by atoms with Gasteiger partial charge in [0.25, 0.3) is 0 Å². The molecular formula is C12H13ClO2. The Balaban J connectivity index is 2.43. The Hall–Kier alpha value is -1.12. The molecule has 1 aromatic rings. The summed E-state index contributed by atoms with van der Waals surface area (Å²) in [5.74, 6) is -0.0541. The van der Waals surface area contributed by atoms with Crippen LogP contribution < -0.4 is 0 Å². The topological polar surface area (TPSA) is 26.3 Å². The van der Waals surface area contributed by atoms with Gasteiger partial charge in [0.1, 0.15) is 6.61 Å². The zero-order chi connectivity index (χ0) is 11.1. The number of ether oxygens (including phenoxy) is 1. The van der Waals surface area contributed by atoms with E-state index in [-0.39, 0.29) is 12.4 Å². The Morgan fingerprint density at radius 1 is 1.53 bits per heavy atom. The summed E-state index contributed by atoms with van der Waals surface area (Å²) in [6.45, 7) is 4.18. The number of Topliss-reactive ketones (excluding diaryl/α,β-unsaturated/α-hetero) is 1. The predicted molar refractivity (Wildman–Crippen MR) is 61.4 cm³/mol. The molecule has 0 aliphatic heterocycles. The van der Waals surface area contributed by atoms with Gasteiger partial charge in [-0.05, 0) is 18.6 Å². The number of carbonyl (C=O) groups excluding carboxylic acids is 1. The fourth-order valence-corrected chi connectivity index (χ4v) is 1.27. The third kappa shape index (κ3) is 4.28. The van der Waals surface area contributed by atoms with Crippen LogP contribution in [0, 0.1) is 0 Å². The zero-order valence-electron chi connectivity index (χ0n) is 8.41. The van der Waals surface area contributed by atoms with Gasteiger partial charge in [0.05, 0.1) is 6.61 Å². The van der Waals surface area contributed by atoms with E-state index in [4.69, 9.17) is 16.3 Å². The number of ketones is 1. The zero-order valence-corrected chi connectivity index (χ0v) is 9.17. The average molecular weight is 225 g/mol. The van der Waals surface area contributed by atoms with Gasteiger partial charge in [-0.1, -0.05) is 29.8 Å². The molecule has 0 N–H and O–H groups in total. The molecule has 0 aliphatic carbocycles. The summed E-state index contributed by atoms with van der Waals surface area (Å²) < 4.78 is 5.17. The van der Waals surface area contributed by atoms with E-state index in [1.54, 1.807) is 30.3 Å². The van der Waals surface area contributed by atoms with Crippen LogP contribution in [0.2, 0.25) is 5.02 Å². The summed E-state index contributed by atoms with van der Waals surface area (Å²) in [5.41, 5.74) is 0.584. The van der Waals surface area contributed by atoms with Crippen LogP contribution in [0.1, 0.15) is 16.8 Å². The molecule has 0 amide bonds. The lowest BCUT2D eigenvalue weighted by molar-refractivity contribution is 0.0768. The standard InChI is InChI=1S/C12H13ClO2/c1-2-3-7-15-9-12(14)10-5-4-6-11(13)8-10/h2,4-6,8H,1,3,7,9H2. The monoisotopic (exact) mass is 224 g/mol. The van der Waals surface area contributed by atoms with Crippen LogP contribution in [0.25, 0.3) is 0 Å². The Morgan fingerprint density at radius 2 is 2.33 bits per heavy atom. The lowest BCUT2D eigenvalue weighted by Gasteiger charge is -2.02. The number of hydrogen-bond acceptors (Lipinski definition) is 2. The Labute approximate surface area is 94.5 Å². The van der Waals surface area contributed by atoms with Crippen molar-refractivity contribution in [2.45, 2.75) is 6.42 Å². The highest BCUT2D eigenvalue weighted by Gasteiger charge is 2.05. The molecule has 0 heterocycles. The Bertz CT molecular complexity index is 347. The second kappa shape index (κ2) is 6.38. The van der Waals surface area contributed by atoms with Gasteiger partial charge in [-0.15, -0.1) is 6.58 Å². The van der Waals surface area contributed by atoms with Crippen molar-refractivity contribution in [3.63, 3.8) is 0 Å². The van der Waals surface area contributed by atoms with Crippen LogP contribution in [0.5, 0.6) is 0 Å². The molecule has 15 heavy (non-hydrogen) atoms. The lowest BCUT2D eigenvalue weighted by Crippen LogP contribution is -2.09. The van der Waals surface area contributed by atoms with Gasteiger partial charge in [0.15, 0.2) is 5.78 Å². The van der Waals surface area contributed by atoms with Gasteiger partial charge >= 0.3 is 0 Å². The van der Waals surface area contributed by atoms with Crippen molar-refractivity contribution >= 4 is 17.4 Å². The number of carbonyl (C=O) groups is 1. The van der Waals surface area contributed by atoms with E-state index in [1.165, 1.54) is 0 Å². The van der Waals surface area contributed by atoms with Crippen LogP contribution in [0.4, 0.5) is 0 Å². The summed E-state index contributed by atoms with van der Waals surface area (Å²) >= 11 is 5.77. The van der Waals surface area contributed by atoms with E-state index in [0.717, 1.165) is 6.42 Å². The van der Waals surface area contributed by atoms with Crippen LogP contribution >= 0.6 is 11.6 Å². The van der Waals surface area contributed by atoms with E-state index >= 15 is 0 Å². The third-order valence-electron chi connectivity index (χ3n) is 1.85. The van der Waals surface area contributed by atoms with E-state index in [9.17, 15) is 4.79 Å². The quantitative estimate of drug-likeness (QED) is 0.422. The third-order valence-corrected chi connectivity index (χ3v) is 2.08. The Morgan fingerprint density at radius 3 is 3.00 bits per heavy atom. The molecule has 0 bridgehead atoms. The minimum absolute atomic E-state index is 0.0541. The molecule has 0 saturated heterocycles. The maximum atomic E-state index is 11.6. The number of hydrogen-bond donors (Lipinski definition) is 0. The van der Waals surface area contributed by atoms with Gasteiger partial charge in [0, 0.05) is 10.6 Å². The molecule has 0 saturated carbocycles. The molecule has 80 valence electrons. The molecule has 1 aromatic carbocycles. The summed E-state index contributed by atoms with van der Waals surface area (Å²) in [5, 5.41) is 0.562. The van der Waals surface area contributed by atoms with Crippen LogP contribution in [0.3, 0.4) is 0 Å². The molecule has 0 fully saturated rings. The van der Waals surface area contributed by atoms with Gasteiger partial charge in [-0.25, -0.2) is 0 Å². The molecule has 3 heteroatoms. The number of benzene rings is 1. The second-order valence-electron chi connectivity index (χ2n) is 3.06. The lowest BCUT2D eigenvalue weighted by atomic mass is 10.1. The number of halogens is 1. The average Bonchev–Trinajstić information content (AvgIpc) is 2.24. The molecular weight excluding hydrogens is 212 g/mol. The maximum Gasteiger partial charge on any atom is 0.188 e. The van der Waals surface area contributed by atoms with Crippen molar-refractivity contribution in [2.24, 2.45) is 0 Å². The SMILES string of the molecule is C=CCCOCC(=O)c1cccc(Cl)c1. The first-order valence-electron chi connectivity index (χ1n) is 4.71. The fraction of sp³-hybridized carbons (Fsp3) is 0.250. The summed E-state index contributed by atoms with van der Waals surface area (Å²) in [4.78, 5) is 11.6. The highest BCUT2D eigenvalue weighted by atomic mass is 35.5. The van der Waals surface area contributed by atoms with Crippen molar-refractivity contribution in [1.82, 2.24) is 0 Å². The van der Waals surface area contributed by atoms with Crippen molar-refractivity contribution in [3.8, 4) is 0 Å². The van der Waals surface area contributed by atoms with Gasteiger partial charge < -0.3 is 4.74 Å². The molecule has 1 rings (SSSR count). The maximum absolute atomic E-state index is 11.6. The van der Waals surface area contributed by atoms with E-state index in [0.29, 0.717) is 17.2 Å². The first-order valence-corrected chi connectivity index (χ1v) is 5.09. The molecule has 0 aromatic heterocycles. The first-order chi connectivity index (χ1) is 7.24. The molecule has 0 atom stereocenters. The van der Waals surface area contributed by atoms with Crippen molar-refractivity contribution < 1.29 is 9.53 Å². The van der Waals surface area contributed by atoms with Gasteiger partial charge in [-0.3, -0.25) is 4.79 Å². The predicted octanol–water partition coefficient (Wildman–Crippen LogP) is 3.12. The molecule has 0 radical (unpaired) electrons. The fourth-order valence-electron chi connectivity index (χ4n) is 1.08. The summed E-state index contributed by atoms with van der Waals surface area (Å²) in [6.07, 6.45) is 2.51. The van der Waals surface area contributed by atoms with Crippen molar-refractivity contribution in [1.29, 1.82) is 0 Å². The van der Waals surface area contributed by atoms with Gasteiger partial charge in [0.2, 0.25) is 0 Å². The van der Waals surface area contributed by atoms with Crippen molar-refractivity contribution in [3.05, 3.63) is 47.5 Å². The minimum atomic E-state index is -0.0541. The highest BCUT2D eigenvalue weighted by Crippen LogP contribution is 2.11. The minimum Gasteiger partial charge on any atom is -0.373 e.